The first-order valence-electron chi connectivity index (χ1n) is 5.50. The van der Waals surface area contributed by atoms with Crippen LogP contribution in [0.2, 0.25) is 0 Å². The third-order valence-electron chi connectivity index (χ3n) is 2.99. The summed E-state index contributed by atoms with van der Waals surface area (Å²) in [4.78, 5) is 19.4. The quantitative estimate of drug-likeness (QED) is 0.757. The highest BCUT2D eigenvalue weighted by Gasteiger charge is 2.35. The average Bonchev–Trinajstić information content (AvgIpc) is 2.71. The summed E-state index contributed by atoms with van der Waals surface area (Å²) < 4.78 is 5.11. The van der Waals surface area contributed by atoms with E-state index in [2.05, 4.69) is 15.3 Å². The number of methoxy groups -OCH3 is 1. The summed E-state index contributed by atoms with van der Waals surface area (Å²) in [6, 6.07) is 1.26. The van der Waals surface area contributed by atoms with Crippen LogP contribution in [0.5, 0.6) is 0 Å². The Labute approximate surface area is 99.0 Å². The molecule has 2 rings (SSSR count). The number of carbonyl (C=O) groups is 1. The number of carbonyl (C=O) groups excluding carboxylic acids is 1. The molecule has 0 unspecified atom stereocenters. The number of hydrogen-bond donors (Lipinski definition) is 2. The lowest BCUT2D eigenvalue weighted by Gasteiger charge is -2.19. The van der Waals surface area contributed by atoms with Gasteiger partial charge in [-0.05, 0) is 18.9 Å². The molecule has 17 heavy (non-hydrogen) atoms. The van der Waals surface area contributed by atoms with E-state index in [-0.39, 0.29) is 18.1 Å². The number of amides is 1. The van der Waals surface area contributed by atoms with E-state index in [9.17, 15) is 9.90 Å². The molecule has 2 N–H and O–H groups in total. The summed E-state index contributed by atoms with van der Waals surface area (Å²) in [5, 5.41) is 12.6. The van der Waals surface area contributed by atoms with Gasteiger partial charge in [-0.25, -0.2) is 9.97 Å². The van der Waals surface area contributed by atoms with E-state index in [0.29, 0.717) is 12.1 Å². The number of ether oxygens (including phenoxy) is 1. The maximum atomic E-state index is 11.8. The Morgan fingerprint density at radius 1 is 1.59 bits per heavy atom. The molecule has 0 spiro atoms. The van der Waals surface area contributed by atoms with Gasteiger partial charge >= 0.3 is 0 Å². The molecule has 1 aliphatic rings. The predicted octanol–water partition coefficient (Wildman–Crippen LogP) is -0.255. The number of aromatic nitrogens is 2. The lowest BCUT2D eigenvalue weighted by molar-refractivity contribution is 0.000181. The minimum atomic E-state index is -0.661. The van der Waals surface area contributed by atoms with Crippen molar-refractivity contribution in [2.24, 2.45) is 0 Å². The minimum Gasteiger partial charge on any atom is -0.388 e. The van der Waals surface area contributed by atoms with Crippen LogP contribution in [0.3, 0.4) is 0 Å². The van der Waals surface area contributed by atoms with Gasteiger partial charge in [0.25, 0.3) is 5.91 Å². The zero-order valence-corrected chi connectivity index (χ0v) is 9.54. The van der Waals surface area contributed by atoms with Crippen molar-refractivity contribution in [3.63, 3.8) is 0 Å². The molecule has 1 fully saturated rings. The van der Waals surface area contributed by atoms with Crippen LogP contribution in [0.4, 0.5) is 0 Å². The zero-order valence-electron chi connectivity index (χ0n) is 9.54. The second-order valence-electron chi connectivity index (χ2n) is 4.02. The molecule has 1 aromatic heterocycles. The third-order valence-corrected chi connectivity index (χ3v) is 2.99. The van der Waals surface area contributed by atoms with Gasteiger partial charge in [-0.15, -0.1) is 0 Å². The van der Waals surface area contributed by atoms with Crippen LogP contribution in [0, 0.1) is 0 Å². The molecule has 0 radical (unpaired) electrons. The average molecular weight is 237 g/mol. The van der Waals surface area contributed by atoms with Gasteiger partial charge in [-0.1, -0.05) is 0 Å². The summed E-state index contributed by atoms with van der Waals surface area (Å²) >= 11 is 0. The Morgan fingerprint density at radius 3 is 3.00 bits per heavy atom. The smallest absolute Gasteiger partial charge is 0.270 e. The van der Waals surface area contributed by atoms with Crippen molar-refractivity contribution in [1.82, 2.24) is 15.3 Å². The molecule has 0 bridgehead atoms. The fourth-order valence-corrected chi connectivity index (χ4v) is 2.03. The van der Waals surface area contributed by atoms with Crippen LogP contribution in [-0.4, -0.2) is 46.3 Å². The Hall–Kier alpha value is -1.53. The third kappa shape index (κ3) is 2.59. The SMILES string of the molecule is CO[C@@H]1CC[C@@H](NC(=O)c2ccncn2)[C@H]1O. The number of aliphatic hydroxyl groups excluding tert-OH is 1. The molecule has 0 aromatic carbocycles. The van der Waals surface area contributed by atoms with E-state index < -0.39 is 6.10 Å². The molecule has 1 aliphatic carbocycles. The van der Waals surface area contributed by atoms with Gasteiger partial charge in [-0.3, -0.25) is 4.79 Å². The van der Waals surface area contributed by atoms with E-state index in [0.717, 1.165) is 6.42 Å². The predicted molar refractivity (Wildman–Crippen MR) is 59.3 cm³/mol. The molecule has 92 valence electrons. The molecular weight excluding hydrogens is 222 g/mol. The number of rotatable bonds is 3. The number of hydrogen-bond acceptors (Lipinski definition) is 5. The zero-order chi connectivity index (χ0) is 12.3. The molecule has 3 atom stereocenters. The fraction of sp³-hybridized carbons (Fsp3) is 0.545. The molecule has 0 aliphatic heterocycles. The van der Waals surface area contributed by atoms with Crippen LogP contribution < -0.4 is 5.32 Å². The van der Waals surface area contributed by atoms with Crippen molar-refractivity contribution in [2.45, 2.75) is 31.1 Å². The van der Waals surface area contributed by atoms with Gasteiger partial charge in [0.2, 0.25) is 0 Å². The number of nitrogens with one attached hydrogen (secondary N) is 1. The van der Waals surface area contributed by atoms with E-state index in [1.807, 2.05) is 0 Å². The number of aliphatic hydroxyl groups is 1. The first kappa shape index (κ1) is 11.9. The van der Waals surface area contributed by atoms with Crippen LogP contribution in [0.15, 0.2) is 18.6 Å². The van der Waals surface area contributed by atoms with E-state index >= 15 is 0 Å². The molecule has 6 nitrogen and oxygen atoms in total. The highest BCUT2D eigenvalue weighted by atomic mass is 16.5. The van der Waals surface area contributed by atoms with Gasteiger partial charge in [0.1, 0.15) is 18.1 Å². The van der Waals surface area contributed by atoms with Gasteiger partial charge in [-0.2, -0.15) is 0 Å². The Kier molecular flexibility index (Phi) is 3.65. The van der Waals surface area contributed by atoms with E-state index in [1.54, 1.807) is 7.11 Å². The Bertz CT molecular complexity index is 385. The highest BCUT2D eigenvalue weighted by Crippen LogP contribution is 2.22. The Balaban J connectivity index is 1.96. The molecule has 1 heterocycles. The largest absolute Gasteiger partial charge is 0.388 e. The monoisotopic (exact) mass is 237 g/mol. The summed E-state index contributed by atoms with van der Waals surface area (Å²) in [7, 11) is 1.56. The summed E-state index contributed by atoms with van der Waals surface area (Å²) in [6.07, 6.45) is 3.41. The van der Waals surface area contributed by atoms with Gasteiger partial charge < -0.3 is 15.2 Å². The molecule has 1 saturated carbocycles. The maximum absolute atomic E-state index is 11.8. The van der Waals surface area contributed by atoms with Crippen LogP contribution in [0.25, 0.3) is 0 Å². The Morgan fingerprint density at radius 2 is 2.41 bits per heavy atom. The van der Waals surface area contributed by atoms with Crippen molar-refractivity contribution >= 4 is 5.91 Å². The van der Waals surface area contributed by atoms with Gasteiger partial charge in [0.05, 0.1) is 12.1 Å². The number of nitrogens with zero attached hydrogens (tertiary/aromatic N) is 2. The first-order valence-corrected chi connectivity index (χ1v) is 5.50. The van der Waals surface area contributed by atoms with Crippen LogP contribution in [0.1, 0.15) is 23.3 Å². The highest BCUT2D eigenvalue weighted by molar-refractivity contribution is 5.92. The van der Waals surface area contributed by atoms with Crippen LogP contribution in [-0.2, 0) is 4.74 Å². The minimum absolute atomic E-state index is 0.203. The lowest BCUT2D eigenvalue weighted by atomic mass is 10.2. The standard InChI is InChI=1S/C11H15N3O3/c1-17-9-3-2-7(10(9)15)14-11(16)8-4-5-12-6-13-8/h4-7,9-10,15H,2-3H2,1H3,(H,14,16)/t7-,9-,10-/m1/s1. The van der Waals surface area contributed by atoms with Crippen molar-refractivity contribution in [1.29, 1.82) is 0 Å². The molecule has 6 heteroatoms. The van der Waals surface area contributed by atoms with Gasteiger partial charge in [0, 0.05) is 13.3 Å². The maximum Gasteiger partial charge on any atom is 0.270 e. The normalized spacial score (nSPS) is 28.0. The second kappa shape index (κ2) is 5.20. The first-order chi connectivity index (χ1) is 8.22. The molecular formula is C11H15N3O3. The molecule has 1 amide bonds. The molecule has 0 saturated heterocycles. The van der Waals surface area contributed by atoms with Crippen molar-refractivity contribution in [3.05, 3.63) is 24.3 Å². The van der Waals surface area contributed by atoms with E-state index in [1.165, 1.54) is 18.6 Å². The fourth-order valence-electron chi connectivity index (χ4n) is 2.03. The van der Waals surface area contributed by atoms with Crippen LogP contribution >= 0.6 is 0 Å². The van der Waals surface area contributed by atoms with Gasteiger partial charge in [0.15, 0.2) is 0 Å². The topological polar surface area (TPSA) is 84.3 Å². The second-order valence-corrected chi connectivity index (χ2v) is 4.02. The summed E-state index contributed by atoms with van der Waals surface area (Å²) in [5.74, 6) is -0.298. The summed E-state index contributed by atoms with van der Waals surface area (Å²) in [5.41, 5.74) is 0.299. The summed E-state index contributed by atoms with van der Waals surface area (Å²) in [6.45, 7) is 0. The van der Waals surface area contributed by atoms with Crippen molar-refractivity contribution in [2.75, 3.05) is 7.11 Å². The lowest BCUT2D eigenvalue weighted by Crippen LogP contribution is -2.43. The van der Waals surface area contributed by atoms with Crippen molar-refractivity contribution < 1.29 is 14.6 Å². The van der Waals surface area contributed by atoms with E-state index in [4.69, 9.17) is 4.74 Å². The van der Waals surface area contributed by atoms with Crippen molar-refractivity contribution in [3.8, 4) is 0 Å². The molecule has 1 aromatic rings.